The molecule has 6 N–H and O–H groups in total. The number of halogens is 3. The standard InChI is InChI=1S/C8H19N3O2.3ClH/c1-6(10)13-8(12)7(11)4-2-3-5-9;;;/h6-7H,2-5,9-11H2,1H3;3*1H/t6?,7-;;;/m0.../s1. The lowest BCUT2D eigenvalue weighted by Gasteiger charge is -2.13. The molecule has 0 aromatic rings. The molecule has 5 nitrogen and oxygen atoms in total. The molecule has 0 spiro atoms. The van der Waals surface area contributed by atoms with Crippen LogP contribution in [-0.2, 0) is 9.53 Å². The number of esters is 1. The number of rotatable bonds is 6. The van der Waals surface area contributed by atoms with Crippen LogP contribution in [0.5, 0.6) is 0 Å². The van der Waals surface area contributed by atoms with E-state index in [4.69, 9.17) is 21.9 Å². The predicted octanol–water partition coefficient (Wildman–Crippen LogP) is 0.556. The molecule has 0 fully saturated rings. The molecule has 0 saturated heterocycles. The zero-order valence-corrected chi connectivity index (χ0v) is 11.7. The molecule has 0 aromatic heterocycles. The predicted molar refractivity (Wildman–Crippen MR) is 72.4 cm³/mol. The summed E-state index contributed by atoms with van der Waals surface area (Å²) in [5.74, 6) is -0.438. The van der Waals surface area contributed by atoms with Gasteiger partial charge in [-0.05, 0) is 26.3 Å². The van der Waals surface area contributed by atoms with Crippen LogP contribution in [0.4, 0.5) is 0 Å². The van der Waals surface area contributed by atoms with Crippen molar-refractivity contribution < 1.29 is 9.53 Å². The molecule has 102 valence electrons. The van der Waals surface area contributed by atoms with Crippen LogP contribution in [0, 0.1) is 0 Å². The van der Waals surface area contributed by atoms with Crippen LogP contribution in [0.25, 0.3) is 0 Å². The molecule has 0 bridgehead atoms. The normalized spacial score (nSPS) is 12.2. The maximum atomic E-state index is 11.1. The Balaban J connectivity index is -0.000000240. The lowest BCUT2D eigenvalue weighted by molar-refractivity contribution is -0.149. The number of hydrogen-bond acceptors (Lipinski definition) is 5. The summed E-state index contributed by atoms with van der Waals surface area (Å²) in [6.45, 7) is 2.21. The smallest absolute Gasteiger partial charge is 0.324 e. The monoisotopic (exact) mass is 297 g/mol. The molecule has 0 heterocycles. The van der Waals surface area contributed by atoms with Gasteiger partial charge in [0.2, 0.25) is 0 Å². The molecular weight excluding hydrogens is 276 g/mol. The Morgan fingerprint density at radius 1 is 1.19 bits per heavy atom. The highest BCUT2D eigenvalue weighted by Gasteiger charge is 2.15. The summed E-state index contributed by atoms with van der Waals surface area (Å²) in [6.07, 6.45) is 1.72. The van der Waals surface area contributed by atoms with E-state index in [-0.39, 0.29) is 37.2 Å². The number of unbranched alkanes of at least 4 members (excludes halogenated alkanes) is 1. The minimum absolute atomic E-state index is 0. The molecule has 0 aromatic carbocycles. The average Bonchev–Trinajstić information content (AvgIpc) is 2.03. The maximum absolute atomic E-state index is 11.1. The van der Waals surface area contributed by atoms with E-state index >= 15 is 0 Å². The van der Waals surface area contributed by atoms with Gasteiger partial charge in [0, 0.05) is 0 Å². The van der Waals surface area contributed by atoms with E-state index in [1.165, 1.54) is 0 Å². The van der Waals surface area contributed by atoms with Gasteiger partial charge < -0.3 is 16.2 Å². The minimum atomic E-state index is -0.590. The number of hydrogen-bond donors (Lipinski definition) is 3. The van der Waals surface area contributed by atoms with Crippen LogP contribution in [0.3, 0.4) is 0 Å². The van der Waals surface area contributed by atoms with Crippen molar-refractivity contribution in [2.45, 2.75) is 38.5 Å². The molecule has 0 aliphatic heterocycles. The van der Waals surface area contributed by atoms with Gasteiger partial charge >= 0.3 is 5.97 Å². The molecular formula is C8H22Cl3N3O2. The summed E-state index contributed by atoms with van der Waals surface area (Å²) in [5.41, 5.74) is 16.1. The van der Waals surface area contributed by atoms with Crippen LogP contribution in [-0.4, -0.2) is 24.8 Å². The van der Waals surface area contributed by atoms with Gasteiger partial charge in [-0.1, -0.05) is 6.42 Å². The van der Waals surface area contributed by atoms with Gasteiger partial charge in [0.05, 0.1) is 0 Å². The van der Waals surface area contributed by atoms with Crippen molar-refractivity contribution in [1.82, 2.24) is 0 Å². The summed E-state index contributed by atoms with van der Waals surface area (Å²) in [4.78, 5) is 11.1. The van der Waals surface area contributed by atoms with Gasteiger partial charge in [0.15, 0.2) is 0 Å². The van der Waals surface area contributed by atoms with Crippen molar-refractivity contribution >= 4 is 43.2 Å². The second-order valence-electron chi connectivity index (χ2n) is 3.03. The summed E-state index contributed by atoms with van der Waals surface area (Å²) in [6, 6.07) is -0.572. The first-order valence-corrected chi connectivity index (χ1v) is 4.49. The first-order valence-electron chi connectivity index (χ1n) is 4.49. The number of nitrogens with two attached hydrogens (primary N) is 3. The highest BCUT2D eigenvalue weighted by molar-refractivity contribution is 5.86. The third kappa shape index (κ3) is 14.2. The number of ether oxygens (including phenoxy) is 1. The first kappa shape index (κ1) is 25.2. The SMILES string of the molecule is CC(N)OC(=O)[C@@H](N)CCCCN.Cl.Cl.Cl. The van der Waals surface area contributed by atoms with Crippen LogP contribution in [0.1, 0.15) is 26.2 Å². The molecule has 2 atom stereocenters. The Bertz CT molecular complexity index is 161. The molecule has 0 rings (SSSR count). The van der Waals surface area contributed by atoms with Crippen molar-refractivity contribution in [3.63, 3.8) is 0 Å². The summed E-state index contributed by atoms with van der Waals surface area (Å²) < 4.78 is 4.73. The fraction of sp³-hybridized carbons (Fsp3) is 0.875. The lowest BCUT2D eigenvalue weighted by Crippen LogP contribution is -2.36. The zero-order chi connectivity index (χ0) is 10.3. The van der Waals surface area contributed by atoms with Crippen molar-refractivity contribution in [3.8, 4) is 0 Å². The van der Waals surface area contributed by atoms with Gasteiger partial charge in [-0.25, -0.2) is 0 Å². The third-order valence-electron chi connectivity index (χ3n) is 1.57. The second-order valence-corrected chi connectivity index (χ2v) is 3.03. The first-order chi connectivity index (χ1) is 6.07. The van der Waals surface area contributed by atoms with E-state index in [9.17, 15) is 4.79 Å². The van der Waals surface area contributed by atoms with Crippen LogP contribution in [0.15, 0.2) is 0 Å². The van der Waals surface area contributed by atoms with Crippen molar-refractivity contribution in [2.75, 3.05) is 6.54 Å². The van der Waals surface area contributed by atoms with Gasteiger partial charge in [0.25, 0.3) is 0 Å². The minimum Gasteiger partial charge on any atom is -0.446 e. The van der Waals surface area contributed by atoms with E-state index in [1.807, 2.05) is 0 Å². The molecule has 0 aliphatic rings. The number of carbonyl (C=O) groups excluding carboxylic acids is 1. The van der Waals surface area contributed by atoms with Gasteiger partial charge in [-0.2, -0.15) is 0 Å². The zero-order valence-electron chi connectivity index (χ0n) is 9.26. The number of carbonyl (C=O) groups is 1. The van der Waals surface area contributed by atoms with E-state index in [2.05, 4.69) is 0 Å². The average molecular weight is 299 g/mol. The van der Waals surface area contributed by atoms with Gasteiger partial charge in [-0.15, -0.1) is 37.2 Å². The van der Waals surface area contributed by atoms with Gasteiger partial charge in [0.1, 0.15) is 12.3 Å². The highest BCUT2D eigenvalue weighted by Crippen LogP contribution is 2.00. The van der Waals surface area contributed by atoms with Crippen molar-refractivity contribution in [2.24, 2.45) is 17.2 Å². The Kier molecular flexibility index (Phi) is 23.9. The fourth-order valence-electron chi connectivity index (χ4n) is 0.897. The molecule has 8 heteroatoms. The molecule has 16 heavy (non-hydrogen) atoms. The lowest BCUT2D eigenvalue weighted by atomic mass is 10.1. The van der Waals surface area contributed by atoms with E-state index < -0.39 is 18.2 Å². The quantitative estimate of drug-likeness (QED) is 0.377. The molecule has 0 saturated carbocycles. The Labute approximate surface area is 115 Å². The Morgan fingerprint density at radius 3 is 2.06 bits per heavy atom. The topological polar surface area (TPSA) is 104 Å². The van der Waals surface area contributed by atoms with E-state index in [0.717, 1.165) is 12.8 Å². The van der Waals surface area contributed by atoms with Gasteiger partial charge in [-0.3, -0.25) is 10.5 Å². The Morgan fingerprint density at radius 2 is 1.69 bits per heavy atom. The fourth-order valence-corrected chi connectivity index (χ4v) is 0.897. The Hall–Kier alpha value is 0.220. The van der Waals surface area contributed by atoms with Crippen LogP contribution < -0.4 is 17.2 Å². The summed E-state index contributed by atoms with van der Waals surface area (Å²) in [7, 11) is 0. The second kappa shape index (κ2) is 15.2. The van der Waals surface area contributed by atoms with Crippen LogP contribution in [0.2, 0.25) is 0 Å². The molecule has 1 unspecified atom stereocenters. The summed E-state index contributed by atoms with van der Waals surface area (Å²) in [5, 5.41) is 0. The highest BCUT2D eigenvalue weighted by atomic mass is 35.5. The largest absolute Gasteiger partial charge is 0.446 e. The maximum Gasteiger partial charge on any atom is 0.324 e. The molecule has 0 aliphatic carbocycles. The summed E-state index contributed by atoms with van der Waals surface area (Å²) >= 11 is 0. The van der Waals surface area contributed by atoms with Crippen molar-refractivity contribution in [1.29, 1.82) is 0 Å². The van der Waals surface area contributed by atoms with E-state index in [1.54, 1.807) is 6.92 Å². The van der Waals surface area contributed by atoms with Crippen LogP contribution >= 0.6 is 37.2 Å². The molecule has 0 amide bonds. The molecule has 0 radical (unpaired) electrons. The van der Waals surface area contributed by atoms with E-state index in [0.29, 0.717) is 13.0 Å². The van der Waals surface area contributed by atoms with Crippen molar-refractivity contribution in [3.05, 3.63) is 0 Å². The third-order valence-corrected chi connectivity index (χ3v) is 1.57.